The summed E-state index contributed by atoms with van der Waals surface area (Å²) in [6, 6.07) is 7.38. The van der Waals surface area contributed by atoms with E-state index in [0.717, 1.165) is 9.86 Å². The highest BCUT2D eigenvalue weighted by Crippen LogP contribution is 2.27. The number of carbonyl (C=O) groups is 1. The Balaban J connectivity index is 2.51. The Morgan fingerprint density at radius 2 is 2.20 bits per heavy atom. The van der Waals surface area contributed by atoms with E-state index >= 15 is 0 Å². The van der Waals surface area contributed by atoms with E-state index in [9.17, 15) is 4.79 Å². The zero-order chi connectivity index (χ0) is 11.0. The van der Waals surface area contributed by atoms with Gasteiger partial charge in [-0.3, -0.25) is 4.79 Å². The molecule has 78 valence electrons. The zero-order valence-corrected chi connectivity index (χ0v) is 9.61. The van der Waals surface area contributed by atoms with Crippen LogP contribution in [-0.2, 0) is 4.79 Å². The van der Waals surface area contributed by atoms with E-state index in [-0.39, 0.29) is 0 Å². The van der Waals surface area contributed by atoms with Crippen molar-refractivity contribution in [1.82, 2.24) is 0 Å². The van der Waals surface area contributed by atoms with Crippen LogP contribution in [0.15, 0.2) is 33.2 Å². The van der Waals surface area contributed by atoms with Crippen LogP contribution in [0.2, 0.25) is 0 Å². The van der Waals surface area contributed by atoms with Crippen molar-refractivity contribution in [3.05, 3.63) is 34.5 Å². The van der Waals surface area contributed by atoms with E-state index in [4.69, 9.17) is 9.52 Å². The maximum Gasteiger partial charge on any atom is 0.313 e. The van der Waals surface area contributed by atoms with Gasteiger partial charge in [0.15, 0.2) is 0 Å². The summed E-state index contributed by atoms with van der Waals surface area (Å²) in [6.07, 6.45) is 0. The summed E-state index contributed by atoms with van der Waals surface area (Å²) in [4.78, 5) is 10.8. The lowest BCUT2D eigenvalue weighted by atomic mass is 10.1. The van der Waals surface area contributed by atoms with Gasteiger partial charge in [0.05, 0.1) is 0 Å². The minimum absolute atomic E-state index is 0.482. The third-order valence-corrected chi connectivity index (χ3v) is 2.79. The SMILES string of the molecule is CC(C(=O)O)c1cc2ccc(Br)cc2o1. The van der Waals surface area contributed by atoms with E-state index in [1.54, 1.807) is 13.0 Å². The maximum atomic E-state index is 10.8. The second-order valence-corrected chi connectivity index (χ2v) is 4.31. The quantitative estimate of drug-likeness (QED) is 0.909. The molecule has 0 fully saturated rings. The molecule has 2 rings (SSSR count). The first-order valence-corrected chi connectivity index (χ1v) is 5.29. The lowest BCUT2D eigenvalue weighted by molar-refractivity contribution is -0.138. The first-order valence-electron chi connectivity index (χ1n) is 4.50. The molecule has 1 N–H and O–H groups in total. The van der Waals surface area contributed by atoms with Crippen LogP contribution in [0, 0.1) is 0 Å². The Morgan fingerprint density at radius 1 is 1.47 bits per heavy atom. The van der Waals surface area contributed by atoms with Gasteiger partial charge in [0.1, 0.15) is 17.3 Å². The van der Waals surface area contributed by atoms with Crippen molar-refractivity contribution >= 4 is 32.9 Å². The maximum absolute atomic E-state index is 10.8. The first kappa shape index (κ1) is 10.2. The summed E-state index contributed by atoms with van der Waals surface area (Å²) in [7, 11) is 0. The molecule has 3 nitrogen and oxygen atoms in total. The van der Waals surface area contributed by atoms with E-state index < -0.39 is 11.9 Å². The molecule has 0 aliphatic carbocycles. The Labute approximate surface area is 94.8 Å². The van der Waals surface area contributed by atoms with Gasteiger partial charge in [-0.1, -0.05) is 15.9 Å². The largest absolute Gasteiger partial charge is 0.481 e. The molecule has 15 heavy (non-hydrogen) atoms. The minimum atomic E-state index is -0.881. The zero-order valence-electron chi connectivity index (χ0n) is 8.03. The van der Waals surface area contributed by atoms with Gasteiger partial charge in [-0.05, 0) is 31.2 Å². The van der Waals surface area contributed by atoms with Gasteiger partial charge in [-0.25, -0.2) is 0 Å². The van der Waals surface area contributed by atoms with Gasteiger partial charge in [-0.15, -0.1) is 0 Å². The predicted octanol–water partition coefficient (Wildman–Crippen LogP) is 3.38. The molecular formula is C11H9BrO3. The average Bonchev–Trinajstić information content (AvgIpc) is 2.58. The molecule has 0 spiro atoms. The van der Waals surface area contributed by atoms with Crippen LogP contribution in [0.5, 0.6) is 0 Å². The van der Waals surface area contributed by atoms with Crippen molar-refractivity contribution in [2.45, 2.75) is 12.8 Å². The van der Waals surface area contributed by atoms with E-state index in [1.807, 2.05) is 18.2 Å². The second-order valence-electron chi connectivity index (χ2n) is 3.39. The topological polar surface area (TPSA) is 50.4 Å². The summed E-state index contributed by atoms with van der Waals surface area (Å²) in [5, 5.41) is 9.76. The van der Waals surface area contributed by atoms with Crippen LogP contribution in [0.25, 0.3) is 11.0 Å². The third-order valence-electron chi connectivity index (χ3n) is 2.30. The predicted molar refractivity (Wildman–Crippen MR) is 60.0 cm³/mol. The van der Waals surface area contributed by atoms with Crippen LogP contribution < -0.4 is 0 Å². The monoisotopic (exact) mass is 268 g/mol. The highest BCUT2D eigenvalue weighted by molar-refractivity contribution is 9.10. The molecule has 0 radical (unpaired) electrons. The fourth-order valence-electron chi connectivity index (χ4n) is 1.36. The van der Waals surface area contributed by atoms with Gasteiger partial charge < -0.3 is 9.52 Å². The smallest absolute Gasteiger partial charge is 0.313 e. The Kier molecular flexibility index (Phi) is 2.52. The van der Waals surface area contributed by atoms with Crippen molar-refractivity contribution in [2.24, 2.45) is 0 Å². The molecule has 0 amide bonds. The lowest BCUT2D eigenvalue weighted by Crippen LogP contribution is -2.05. The molecule has 0 saturated carbocycles. The first-order chi connectivity index (χ1) is 7.08. The highest BCUT2D eigenvalue weighted by Gasteiger charge is 2.18. The number of aliphatic carboxylic acids is 1. The summed E-state index contributed by atoms with van der Waals surface area (Å²) in [5.41, 5.74) is 0.701. The molecule has 1 atom stereocenters. The molecule has 1 aromatic carbocycles. The molecule has 0 saturated heterocycles. The van der Waals surface area contributed by atoms with Crippen LogP contribution in [-0.4, -0.2) is 11.1 Å². The summed E-state index contributed by atoms with van der Waals surface area (Å²) in [6.45, 7) is 1.61. The standard InChI is InChI=1S/C11H9BrO3/c1-6(11(13)14)9-4-7-2-3-8(12)5-10(7)15-9/h2-6H,1H3,(H,13,14). The Bertz CT molecular complexity index is 516. The van der Waals surface area contributed by atoms with Crippen LogP contribution in [0.1, 0.15) is 18.6 Å². The third kappa shape index (κ3) is 1.90. The number of rotatable bonds is 2. The molecule has 1 heterocycles. The van der Waals surface area contributed by atoms with Crippen molar-refractivity contribution in [2.75, 3.05) is 0 Å². The summed E-state index contributed by atoms with van der Waals surface area (Å²) >= 11 is 3.33. The number of carboxylic acid groups (broad SMARTS) is 1. The van der Waals surface area contributed by atoms with Gasteiger partial charge in [0.25, 0.3) is 0 Å². The second kappa shape index (κ2) is 3.70. The van der Waals surface area contributed by atoms with Gasteiger partial charge >= 0.3 is 5.97 Å². The van der Waals surface area contributed by atoms with E-state index in [2.05, 4.69) is 15.9 Å². The number of carboxylic acids is 1. The summed E-state index contributed by atoms with van der Waals surface area (Å²) in [5.74, 6) is -1.01. The number of hydrogen-bond acceptors (Lipinski definition) is 2. The normalized spacial score (nSPS) is 12.9. The van der Waals surface area contributed by atoms with Gasteiger partial charge in [-0.2, -0.15) is 0 Å². The number of furan rings is 1. The van der Waals surface area contributed by atoms with Crippen molar-refractivity contribution in [3.63, 3.8) is 0 Å². The van der Waals surface area contributed by atoms with Gasteiger partial charge in [0, 0.05) is 9.86 Å². The molecule has 1 aromatic heterocycles. The Hall–Kier alpha value is -1.29. The molecular weight excluding hydrogens is 260 g/mol. The van der Waals surface area contributed by atoms with Crippen LogP contribution in [0.4, 0.5) is 0 Å². The van der Waals surface area contributed by atoms with E-state index in [0.29, 0.717) is 11.3 Å². The fraction of sp³-hybridized carbons (Fsp3) is 0.182. The molecule has 0 bridgehead atoms. The van der Waals surface area contributed by atoms with Crippen LogP contribution >= 0.6 is 15.9 Å². The highest BCUT2D eigenvalue weighted by atomic mass is 79.9. The van der Waals surface area contributed by atoms with Crippen molar-refractivity contribution in [3.8, 4) is 0 Å². The minimum Gasteiger partial charge on any atom is -0.481 e. The molecule has 0 aliphatic heterocycles. The summed E-state index contributed by atoms with van der Waals surface area (Å²) < 4.78 is 6.38. The number of benzene rings is 1. The number of fused-ring (bicyclic) bond motifs is 1. The van der Waals surface area contributed by atoms with Crippen molar-refractivity contribution < 1.29 is 14.3 Å². The lowest BCUT2D eigenvalue weighted by Gasteiger charge is -1.99. The molecule has 2 aromatic rings. The average molecular weight is 269 g/mol. The molecule has 1 unspecified atom stereocenters. The van der Waals surface area contributed by atoms with Crippen LogP contribution in [0.3, 0.4) is 0 Å². The van der Waals surface area contributed by atoms with Gasteiger partial charge in [0.2, 0.25) is 0 Å². The molecule has 0 aliphatic rings. The van der Waals surface area contributed by atoms with E-state index in [1.165, 1.54) is 0 Å². The number of hydrogen-bond donors (Lipinski definition) is 1. The Morgan fingerprint density at radius 3 is 2.87 bits per heavy atom. The molecule has 4 heteroatoms. The number of halogens is 1. The van der Waals surface area contributed by atoms with Crippen molar-refractivity contribution in [1.29, 1.82) is 0 Å². The fourth-order valence-corrected chi connectivity index (χ4v) is 1.70.